The topological polar surface area (TPSA) is 103 Å². The zero-order chi connectivity index (χ0) is 29.1. The molecule has 0 spiro atoms. The average molecular weight is 558 g/mol. The number of nitrogens with one attached hydrogen (secondary N) is 1. The van der Waals surface area contributed by atoms with E-state index in [9.17, 15) is 19.1 Å². The summed E-state index contributed by atoms with van der Waals surface area (Å²) in [7, 11) is -2.11. The van der Waals surface area contributed by atoms with Crippen molar-refractivity contribution in [3.05, 3.63) is 63.7 Å². The number of hydrogen-bond donors (Lipinski definition) is 2. The molecule has 0 amide bonds. The van der Waals surface area contributed by atoms with Gasteiger partial charge in [-0.3, -0.25) is 4.79 Å². The van der Waals surface area contributed by atoms with Crippen molar-refractivity contribution in [1.82, 2.24) is 9.55 Å². The lowest BCUT2D eigenvalue weighted by atomic mass is 10.0. The number of carboxylic acids is 1. The minimum Gasteiger partial charge on any atom is -0.477 e. The van der Waals surface area contributed by atoms with Gasteiger partial charge in [0.05, 0.1) is 30.3 Å². The largest absolute Gasteiger partial charge is 0.477 e. The van der Waals surface area contributed by atoms with Crippen molar-refractivity contribution < 1.29 is 23.5 Å². The minimum atomic E-state index is -2.11. The molecule has 2 heterocycles. The Morgan fingerprint density at radius 2 is 1.85 bits per heavy atom. The molecule has 0 aliphatic rings. The van der Waals surface area contributed by atoms with Crippen molar-refractivity contribution in [1.29, 1.82) is 0 Å². The fourth-order valence-corrected chi connectivity index (χ4v) is 4.96. The van der Waals surface area contributed by atoms with Crippen molar-refractivity contribution in [3.63, 3.8) is 0 Å². The van der Waals surface area contributed by atoms with Gasteiger partial charge in [0.25, 0.3) is 0 Å². The SMILES string of the molecule is CCOc1nc2c(cc1NCc1ccc(F)cc1)c(=O)c(C(=O)O)cn2C(CO[Si](C)(C)C(C)(C)C)C(C)C. The highest BCUT2D eigenvalue weighted by atomic mass is 28.4. The zero-order valence-electron chi connectivity index (χ0n) is 24.1. The molecule has 2 N–H and O–H groups in total. The average Bonchev–Trinajstić information content (AvgIpc) is 2.84. The van der Waals surface area contributed by atoms with Gasteiger partial charge in [-0.15, -0.1) is 0 Å². The molecule has 39 heavy (non-hydrogen) atoms. The first-order valence-electron chi connectivity index (χ1n) is 13.2. The smallest absolute Gasteiger partial charge is 0.341 e. The van der Waals surface area contributed by atoms with E-state index in [2.05, 4.69) is 39.2 Å². The van der Waals surface area contributed by atoms with Crippen molar-refractivity contribution in [3.8, 4) is 5.88 Å². The van der Waals surface area contributed by atoms with Crippen molar-refractivity contribution in [2.75, 3.05) is 18.5 Å². The van der Waals surface area contributed by atoms with Gasteiger partial charge in [0.2, 0.25) is 11.3 Å². The van der Waals surface area contributed by atoms with E-state index in [1.54, 1.807) is 22.8 Å². The number of aromatic carboxylic acids is 1. The number of carboxylic acid groups (broad SMARTS) is 1. The monoisotopic (exact) mass is 557 g/mol. The molecule has 1 unspecified atom stereocenters. The molecule has 0 saturated carbocycles. The van der Waals surface area contributed by atoms with E-state index in [-0.39, 0.29) is 39.6 Å². The Morgan fingerprint density at radius 3 is 2.38 bits per heavy atom. The molecule has 10 heteroatoms. The second kappa shape index (κ2) is 11.9. The van der Waals surface area contributed by atoms with Gasteiger partial charge >= 0.3 is 5.97 Å². The van der Waals surface area contributed by atoms with E-state index in [1.807, 2.05) is 20.8 Å². The van der Waals surface area contributed by atoms with Crippen LogP contribution < -0.4 is 15.5 Å². The van der Waals surface area contributed by atoms with Crippen molar-refractivity contribution in [2.45, 2.75) is 72.3 Å². The molecular formula is C29H40FN3O5Si. The molecule has 1 aromatic carbocycles. The molecule has 0 aliphatic carbocycles. The second-order valence-corrected chi connectivity index (χ2v) is 16.4. The number of anilines is 1. The molecule has 0 aliphatic heterocycles. The number of hydrogen-bond acceptors (Lipinski definition) is 6. The van der Waals surface area contributed by atoms with Crippen LogP contribution in [0.25, 0.3) is 11.0 Å². The summed E-state index contributed by atoms with van der Waals surface area (Å²) in [5.74, 6) is -1.30. The number of aromatic nitrogens is 2. The maximum Gasteiger partial charge on any atom is 0.341 e. The standard InChI is InChI=1S/C29H40FN3O5Si/c1-9-37-27-23(31-15-19-10-12-20(30)13-11-19)14-21-25(34)22(28(35)36)16-33(26(21)32-27)24(18(2)3)17-38-39(7,8)29(4,5)6/h10-14,16,18,24,31H,9,15,17H2,1-8H3,(H,35,36). The summed E-state index contributed by atoms with van der Waals surface area (Å²) in [6.07, 6.45) is 1.38. The highest BCUT2D eigenvalue weighted by molar-refractivity contribution is 6.74. The van der Waals surface area contributed by atoms with E-state index >= 15 is 0 Å². The molecule has 0 radical (unpaired) electrons. The van der Waals surface area contributed by atoms with Gasteiger partial charge in [-0.05, 0) is 54.7 Å². The Labute approximate surface area is 230 Å². The van der Waals surface area contributed by atoms with E-state index in [1.165, 1.54) is 18.3 Å². The van der Waals surface area contributed by atoms with E-state index in [0.29, 0.717) is 31.1 Å². The molecule has 3 rings (SSSR count). The number of rotatable bonds is 11. The highest BCUT2D eigenvalue weighted by Crippen LogP contribution is 2.38. The van der Waals surface area contributed by atoms with Crippen LogP contribution in [0.3, 0.4) is 0 Å². The van der Waals surface area contributed by atoms with E-state index in [0.717, 1.165) is 5.56 Å². The summed E-state index contributed by atoms with van der Waals surface area (Å²) in [4.78, 5) is 30.2. The molecule has 0 saturated heterocycles. The van der Waals surface area contributed by atoms with E-state index in [4.69, 9.17) is 14.1 Å². The van der Waals surface area contributed by atoms with Crippen molar-refractivity contribution in [2.24, 2.45) is 5.92 Å². The highest BCUT2D eigenvalue weighted by Gasteiger charge is 2.38. The maximum atomic E-state index is 13.3. The van der Waals surface area contributed by atoms with Crippen LogP contribution in [0.5, 0.6) is 5.88 Å². The molecule has 0 bridgehead atoms. The molecule has 212 valence electrons. The van der Waals surface area contributed by atoms with Gasteiger partial charge in [-0.25, -0.2) is 9.18 Å². The van der Waals surface area contributed by atoms with Gasteiger partial charge in [-0.1, -0.05) is 46.8 Å². The van der Waals surface area contributed by atoms with Crippen LogP contribution in [-0.2, 0) is 11.0 Å². The predicted octanol–water partition coefficient (Wildman–Crippen LogP) is 6.46. The number of ether oxygens (including phenoxy) is 1. The Kier molecular flexibility index (Phi) is 9.22. The summed E-state index contributed by atoms with van der Waals surface area (Å²) in [5, 5.41) is 13.3. The molecular weight excluding hydrogens is 517 g/mol. The van der Waals surface area contributed by atoms with Crippen LogP contribution in [0.2, 0.25) is 18.1 Å². The third kappa shape index (κ3) is 6.86. The number of benzene rings is 1. The van der Waals surface area contributed by atoms with Gasteiger partial charge in [0.1, 0.15) is 17.0 Å². The van der Waals surface area contributed by atoms with E-state index < -0.39 is 19.7 Å². The third-order valence-electron chi connectivity index (χ3n) is 7.43. The summed E-state index contributed by atoms with van der Waals surface area (Å²) >= 11 is 0. The van der Waals surface area contributed by atoms with Gasteiger partial charge in [-0.2, -0.15) is 4.98 Å². The quantitative estimate of drug-likeness (QED) is 0.261. The fraction of sp³-hybridized carbons (Fsp3) is 0.483. The number of halogens is 1. The van der Waals surface area contributed by atoms with Crippen LogP contribution in [0.4, 0.5) is 10.1 Å². The van der Waals surface area contributed by atoms with Crippen LogP contribution in [0, 0.1) is 11.7 Å². The number of fused-ring (bicyclic) bond motifs is 1. The maximum absolute atomic E-state index is 13.3. The molecule has 2 aromatic heterocycles. The van der Waals surface area contributed by atoms with Crippen molar-refractivity contribution >= 4 is 31.0 Å². The molecule has 3 aromatic rings. The number of pyridine rings is 2. The lowest BCUT2D eigenvalue weighted by Crippen LogP contribution is -2.42. The summed E-state index contributed by atoms with van der Waals surface area (Å²) in [6.45, 7) is 17.7. The minimum absolute atomic E-state index is 0.00214. The zero-order valence-corrected chi connectivity index (χ0v) is 25.1. The number of carbonyl (C=O) groups is 1. The van der Waals surface area contributed by atoms with Crippen LogP contribution in [-0.4, -0.2) is 42.2 Å². The van der Waals surface area contributed by atoms with Crippen LogP contribution >= 0.6 is 0 Å². The van der Waals surface area contributed by atoms with Crippen LogP contribution in [0.1, 0.15) is 63.5 Å². The first-order chi connectivity index (χ1) is 18.2. The van der Waals surface area contributed by atoms with Gasteiger partial charge < -0.3 is 24.2 Å². The Hall–Kier alpha value is -3.24. The normalized spacial score (nSPS) is 13.1. The number of nitrogens with zero attached hydrogens (tertiary/aromatic N) is 2. The molecule has 1 atom stereocenters. The summed E-state index contributed by atoms with van der Waals surface area (Å²) < 4.78 is 27.5. The summed E-state index contributed by atoms with van der Waals surface area (Å²) in [6, 6.07) is 7.36. The Balaban J connectivity index is 2.16. The Bertz CT molecular complexity index is 1380. The Morgan fingerprint density at radius 1 is 1.21 bits per heavy atom. The predicted molar refractivity (Wildman–Crippen MR) is 155 cm³/mol. The van der Waals surface area contributed by atoms with Gasteiger partial charge in [0.15, 0.2) is 8.32 Å². The van der Waals surface area contributed by atoms with Gasteiger partial charge in [0, 0.05) is 12.7 Å². The lowest BCUT2D eigenvalue weighted by molar-refractivity contribution is 0.0694. The fourth-order valence-electron chi connectivity index (χ4n) is 3.94. The molecule has 8 nitrogen and oxygen atoms in total. The first kappa shape index (κ1) is 30.3. The van der Waals surface area contributed by atoms with Crippen LogP contribution in [0.15, 0.2) is 41.3 Å². The summed E-state index contributed by atoms with van der Waals surface area (Å²) in [5.41, 5.74) is 0.632. The lowest BCUT2D eigenvalue weighted by Gasteiger charge is -2.38. The second-order valence-electron chi connectivity index (χ2n) is 11.6. The third-order valence-corrected chi connectivity index (χ3v) is 11.9. The molecule has 0 fully saturated rings. The first-order valence-corrected chi connectivity index (χ1v) is 16.1.